The van der Waals surface area contributed by atoms with E-state index in [1.807, 2.05) is 36.4 Å². The largest absolute Gasteiger partial charge is 0.480 e. The van der Waals surface area contributed by atoms with Crippen molar-refractivity contribution in [3.8, 4) is 11.1 Å². The molecule has 0 aromatic heterocycles. The number of aliphatic hydroxyl groups is 1. The van der Waals surface area contributed by atoms with Crippen molar-refractivity contribution in [2.75, 3.05) is 12.3 Å². The Labute approximate surface area is 227 Å². The summed E-state index contributed by atoms with van der Waals surface area (Å²) >= 11 is 1.48. The molecule has 3 atom stereocenters. The highest BCUT2D eigenvalue weighted by molar-refractivity contribution is 8.00. The van der Waals surface area contributed by atoms with Gasteiger partial charge in [0.1, 0.15) is 6.04 Å². The molecule has 1 fully saturated rings. The van der Waals surface area contributed by atoms with Crippen LogP contribution >= 0.6 is 11.8 Å². The molecular weight excluding hydrogens is 520 g/mol. The van der Waals surface area contributed by atoms with E-state index in [0.717, 1.165) is 26.6 Å². The summed E-state index contributed by atoms with van der Waals surface area (Å²) in [6.07, 6.45) is 0.214. The summed E-state index contributed by atoms with van der Waals surface area (Å²) in [6.45, 7) is 4.32. The third kappa shape index (κ3) is 5.13. The van der Waals surface area contributed by atoms with Gasteiger partial charge in [-0.05, 0) is 53.8 Å². The fourth-order valence-electron chi connectivity index (χ4n) is 5.45. The molecule has 5 rings (SSSR count). The normalized spacial score (nSPS) is 23.2. The lowest BCUT2D eigenvalue weighted by atomic mass is 10.0. The van der Waals surface area contributed by atoms with E-state index in [1.165, 1.54) is 17.3 Å². The molecule has 0 bridgehead atoms. The van der Waals surface area contributed by atoms with Crippen LogP contribution in [0, 0.1) is 0 Å². The van der Waals surface area contributed by atoms with Crippen molar-refractivity contribution in [2.24, 2.45) is 0 Å². The molecule has 200 valence electrons. The first-order chi connectivity index (χ1) is 18.1. The van der Waals surface area contributed by atoms with Crippen molar-refractivity contribution in [3.05, 3.63) is 89.5 Å². The van der Waals surface area contributed by atoms with Crippen LogP contribution in [0.4, 0.5) is 0 Å². The SMILES string of the molecule is CC1(C)SCCN(S(=O)(=O)c2ccc(-c3ccc(CNC4c5ccccc5CC4O)cc3)cc2)[C@H]1C(=O)O. The maximum absolute atomic E-state index is 13.4. The molecule has 9 heteroatoms. The second kappa shape index (κ2) is 10.5. The van der Waals surface area contributed by atoms with Gasteiger partial charge in [0.05, 0.1) is 17.0 Å². The molecular formula is C29H32N2O5S2. The van der Waals surface area contributed by atoms with E-state index >= 15 is 0 Å². The van der Waals surface area contributed by atoms with Crippen molar-refractivity contribution in [1.82, 2.24) is 9.62 Å². The Kier molecular flexibility index (Phi) is 7.41. The van der Waals surface area contributed by atoms with Crippen LogP contribution in [0.25, 0.3) is 11.1 Å². The number of aliphatic hydroxyl groups excluding tert-OH is 1. The zero-order valence-electron chi connectivity index (χ0n) is 21.4. The Balaban J connectivity index is 1.28. The minimum absolute atomic E-state index is 0.0893. The summed E-state index contributed by atoms with van der Waals surface area (Å²) in [4.78, 5) is 12.1. The Morgan fingerprint density at radius 3 is 2.32 bits per heavy atom. The maximum Gasteiger partial charge on any atom is 0.323 e. The number of nitrogens with one attached hydrogen (secondary N) is 1. The highest BCUT2D eigenvalue weighted by atomic mass is 32.2. The maximum atomic E-state index is 13.4. The first-order valence-electron chi connectivity index (χ1n) is 12.7. The second-order valence-electron chi connectivity index (χ2n) is 10.4. The van der Waals surface area contributed by atoms with Gasteiger partial charge in [0, 0.05) is 30.0 Å². The number of thioether (sulfide) groups is 1. The predicted octanol–water partition coefficient (Wildman–Crippen LogP) is 4.07. The zero-order chi connectivity index (χ0) is 27.1. The summed E-state index contributed by atoms with van der Waals surface area (Å²) in [6, 6.07) is 21.5. The van der Waals surface area contributed by atoms with Crippen molar-refractivity contribution in [1.29, 1.82) is 0 Å². The van der Waals surface area contributed by atoms with Gasteiger partial charge in [0.15, 0.2) is 0 Å². The highest BCUT2D eigenvalue weighted by Crippen LogP contribution is 2.38. The van der Waals surface area contributed by atoms with Gasteiger partial charge in [-0.15, -0.1) is 0 Å². The fourth-order valence-corrected chi connectivity index (χ4v) is 8.55. The number of benzene rings is 3. The number of sulfonamides is 1. The van der Waals surface area contributed by atoms with Crippen molar-refractivity contribution >= 4 is 27.8 Å². The number of hydrogen-bond acceptors (Lipinski definition) is 6. The molecule has 1 aliphatic heterocycles. The standard InChI is InChI=1S/C29H32N2O5S2/c1-29(2)27(28(33)34)31(15-16-37-29)38(35,36)23-13-11-21(12-14-23)20-9-7-19(8-10-20)18-30-26-24-6-4-3-5-22(24)17-25(26)32/h3-14,25-27,30,32H,15-18H2,1-2H3,(H,33,34)/t25?,26?,27-/m0/s1. The number of nitrogens with zero attached hydrogens (tertiary/aromatic N) is 1. The minimum atomic E-state index is -3.96. The Morgan fingerprint density at radius 1 is 1.03 bits per heavy atom. The van der Waals surface area contributed by atoms with Crippen LogP contribution in [0.3, 0.4) is 0 Å². The van der Waals surface area contributed by atoms with Crippen LogP contribution in [0.1, 0.15) is 36.6 Å². The molecule has 1 heterocycles. The molecule has 0 spiro atoms. The van der Waals surface area contributed by atoms with Crippen LogP contribution < -0.4 is 5.32 Å². The van der Waals surface area contributed by atoms with E-state index in [2.05, 4.69) is 17.4 Å². The van der Waals surface area contributed by atoms with Gasteiger partial charge >= 0.3 is 5.97 Å². The van der Waals surface area contributed by atoms with Crippen molar-refractivity contribution in [2.45, 2.75) is 54.6 Å². The van der Waals surface area contributed by atoms with Gasteiger partial charge in [0.2, 0.25) is 10.0 Å². The molecule has 3 aromatic rings. The second-order valence-corrected chi connectivity index (χ2v) is 14.0. The van der Waals surface area contributed by atoms with Crippen LogP contribution in [0.15, 0.2) is 77.7 Å². The van der Waals surface area contributed by atoms with E-state index < -0.39 is 32.9 Å². The summed E-state index contributed by atoms with van der Waals surface area (Å²) in [5, 5.41) is 23.7. The molecule has 1 saturated heterocycles. The average molecular weight is 553 g/mol. The van der Waals surface area contributed by atoms with Gasteiger partial charge in [-0.1, -0.05) is 60.7 Å². The van der Waals surface area contributed by atoms with E-state index in [1.54, 1.807) is 38.1 Å². The predicted molar refractivity (Wildman–Crippen MR) is 149 cm³/mol. The Morgan fingerprint density at radius 2 is 1.66 bits per heavy atom. The molecule has 0 amide bonds. The summed E-state index contributed by atoms with van der Waals surface area (Å²) in [5.41, 5.74) is 5.22. The molecule has 3 aromatic carbocycles. The first kappa shape index (κ1) is 26.9. The topological polar surface area (TPSA) is 107 Å². The molecule has 38 heavy (non-hydrogen) atoms. The molecule has 0 radical (unpaired) electrons. The van der Waals surface area contributed by atoms with Gasteiger partial charge in [-0.2, -0.15) is 16.1 Å². The number of carboxylic acid groups (broad SMARTS) is 1. The number of fused-ring (bicyclic) bond motifs is 1. The number of rotatable bonds is 7. The summed E-state index contributed by atoms with van der Waals surface area (Å²) in [7, 11) is -3.96. The fraction of sp³-hybridized carbons (Fsp3) is 0.345. The lowest BCUT2D eigenvalue weighted by Crippen LogP contribution is -2.58. The van der Waals surface area contributed by atoms with E-state index in [-0.39, 0.29) is 17.5 Å². The lowest BCUT2D eigenvalue weighted by molar-refractivity contribution is -0.142. The zero-order valence-corrected chi connectivity index (χ0v) is 23.0. The van der Waals surface area contributed by atoms with Crippen molar-refractivity contribution in [3.63, 3.8) is 0 Å². The number of carbonyl (C=O) groups is 1. The number of hydrogen-bond donors (Lipinski definition) is 3. The number of carboxylic acids is 1. The average Bonchev–Trinajstić information content (AvgIpc) is 3.21. The molecule has 7 nitrogen and oxygen atoms in total. The highest BCUT2D eigenvalue weighted by Gasteiger charge is 2.48. The van der Waals surface area contributed by atoms with Crippen LogP contribution in [0.2, 0.25) is 0 Å². The molecule has 2 aliphatic rings. The number of aliphatic carboxylic acids is 1. The van der Waals surface area contributed by atoms with Gasteiger partial charge < -0.3 is 15.5 Å². The Hall–Kier alpha value is -2.69. The Bertz CT molecular complexity index is 1420. The van der Waals surface area contributed by atoms with Gasteiger partial charge in [-0.25, -0.2) is 8.42 Å². The van der Waals surface area contributed by atoms with Crippen molar-refractivity contribution < 1.29 is 23.4 Å². The summed E-state index contributed by atoms with van der Waals surface area (Å²) in [5.74, 6) is -0.592. The molecule has 0 saturated carbocycles. The van der Waals surface area contributed by atoms with Crippen LogP contribution in [-0.2, 0) is 27.8 Å². The van der Waals surface area contributed by atoms with E-state index in [0.29, 0.717) is 18.7 Å². The van der Waals surface area contributed by atoms with E-state index in [4.69, 9.17) is 0 Å². The molecule has 2 unspecified atom stereocenters. The van der Waals surface area contributed by atoms with Crippen LogP contribution in [0.5, 0.6) is 0 Å². The van der Waals surface area contributed by atoms with Crippen LogP contribution in [-0.4, -0.2) is 58.1 Å². The minimum Gasteiger partial charge on any atom is -0.480 e. The van der Waals surface area contributed by atoms with Gasteiger partial charge in [-0.3, -0.25) is 4.79 Å². The quantitative estimate of drug-likeness (QED) is 0.406. The molecule has 1 aliphatic carbocycles. The summed E-state index contributed by atoms with van der Waals surface area (Å²) < 4.78 is 27.2. The third-order valence-electron chi connectivity index (χ3n) is 7.44. The van der Waals surface area contributed by atoms with E-state index in [9.17, 15) is 23.4 Å². The first-order valence-corrected chi connectivity index (χ1v) is 15.1. The monoisotopic (exact) mass is 552 g/mol. The smallest absolute Gasteiger partial charge is 0.323 e. The third-order valence-corrected chi connectivity index (χ3v) is 10.7. The van der Waals surface area contributed by atoms with Gasteiger partial charge in [0.25, 0.3) is 0 Å². The lowest BCUT2D eigenvalue weighted by Gasteiger charge is -2.42. The molecule has 3 N–H and O–H groups in total.